The minimum Gasteiger partial charge on any atom is -0.379 e. The van der Waals surface area contributed by atoms with Crippen molar-refractivity contribution in [3.05, 3.63) is 52.0 Å². The monoisotopic (exact) mass is 291 g/mol. The minimum atomic E-state index is 0.768. The highest BCUT2D eigenvalue weighted by Crippen LogP contribution is 2.17. The van der Waals surface area contributed by atoms with Gasteiger partial charge in [0.15, 0.2) is 0 Å². The highest BCUT2D eigenvalue weighted by molar-refractivity contribution is 9.10. The van der Waals surface area contributed by atoms with Gasteiger partial charge in [0, 0.05) is 18.9 Å². The molecule has 0 saturated heterocycles. The minimum absolute atomic E-state index is 0.768. The molecule has 0 unspecified atom stereocenters. The standard InChI is InChI=1S/C13H14BrN3/c1-9-5-6-15-7-11(9)8-16-12-3-4-13(14)17-10(12)2/h3-7,16H,8H2,1-2H3. The first-order valence-corrected chi connectivity index (χ1v) is 6.22. The van der Waals surface area contributed by atoms with Crippen molar-refractivity contribution in [3.8, 4) is 0 Å². The van der Waals surface area contributed by atoms with Crippen molar-refractivity contribution in [2.24, 2.45) is 0 Å². The van der Waals surface area contributed by atoms with Gasteiger partial charge in [-0.05, 0) is 59.1 Å². The van der Waals surface area contributed by atoms with Crippen molar-refractivity contribution in [1.29, 1.82) is 0 Å². The van der Waals surface area contributed by atoms with Crippen molar-refractivity contribution < 1.29 is 0 Å². The van der Waals surface area contributed by atoms with Crippen LogP contribution in [0.2, 0.25) is 0 Å². The van der Waals surface area contributed by atoms with Crippen molar-refractivity contribution >= 4 is 21.6 Å². The van der Waals surface area contributed by atoms with Gasteiger partial charge in [-0.2, -0.15) is 0 Å². The Morgan fingerprint density at radius 3 is 2.76 bits per heavy atom. The maximum Gasteiger partial charge on any atom is 0.106 e. The zero-order valence-electron chi connectivity index (χ0n) is 9.87. The van der Waals surface area contributed by atoms with E-state index in [4.69, 9.17) is 0 Å². The summed E-state index contributed by atoms with van der Waals surface area (Å²) >= 11 is 3.36. The lowest BCUT2D eigenvalue weighted by molar-refractivity contribution is 1.06. The van der Waals surface area contributed by atoms with Crippen molar-refractivity contribution in [2.45, 2.75) is 20.4 Å². The van der Waals surface area contributed by atoms with Gasteiger partial charge < -0.3 is 5.32 Å². The van der Waals surface area contributed by atoms with Gasteiger partial charge in [0.1, 0.15) is 4.60 Å². The molecule has 0 radical (unpaired) electrons. The predicted molar refractivity (Wildman–Crippen MR) is 73.0 cm³/mol. The molecular formula is C13H14BrN3. The second-order valence-electron chi connectivity index (χ2n) is 3.92. The van der Waals surface area contributed by atoms with Crippen LogP contribution in [0.1, 0.15) is 16.8 Å². The largest absolute Gasteiger partial charge is 0.379 e. The summed E-state index contributed by atoms with van der Waals surface area (Å²) in [5, 5.41) is 3.37. The van der Waals surface area contributed by atoms with Gasteiger partial charge in [-0.1, -0.05) is 0 Å². The number of rotatable bonds is 3. The molecule has 0 aliphatic heterocycles. The molecule has 88 valence electrons. The first-order valence-electron chi connectivity index (χ1n) is 5.43. The summed E-state index contributed by atoms with van der Waals surface area (Å²) in [6.07, 6.45) is 3.70. The van der Waals surface area contributed by atoms with E-state index in [1.807, 2.05) is 37.5 Å². The average molecular weight is 292 g/mol. The maximum absolute atomic E-state index is 4.35. The van der Waals surface area contributed by atoms with Gasteiger partial charge in [-0.15, -0.1) is 0 Å². The highest BCUT2D eigenvalue weighted by atomic mass is 79.9. The fraction of sp³-hybridized carbons (Fsp3) is 0.231. The van der Waals surface area contributed by atoms with Gasteiger partial charge in [-0.3, -0.25) is 4.98 Å². The first kappa shape index (κ1) is 12.0. The Morgan fingerprint density at radius 1 is 1.24 bits per heavy atom. The Kier molecular flexibility index (Phi) is 3.74. The van der Waals surface area contributed by atoms with Crippen molar-refractivity contribution in [1.82, 2.24) is 9.97 Å². The molecule has 0 aliphatic rings. The van der Waals surface area contributed by atoms with E-state index in [1.165, 1.54) is 11.1 Å². The van der Waals surface area contributed by atoms with Gasteiger partial charge in [-0.25, -0.2) is 4.98 Å². The van der Waals surface area contributed by atoms with Crippen LogP contribution in [0.25, 0.3) is 0 Å². The zero-order valence-corrected chi connectivity index (χ0v) is 11.5. The number of aromatic nitrogens is 2. The molecule has 2 aromatic heterocycles. The topological polar surface area (TPSA) is 37.8 Å². The van der Waals surface area contributed by atoms with E-state index < -0.39 is 0 Å². The molecular weight excluding hydrogens is 278 g/mol. The first-order chi connectivity index (χ1) is 8.16. The third kappa shape index (κ3) is 3.03. The van der Waals surface area contributed by atoms with Crippen LogP contribution in [0, 0.1) is 13.8 Å². The number of aryl methyl sites for hydroxylation is 2. The lowest BCUT2D eigenvalue weighted by atomic mass is 10.1. The predicted octanol–water partition coefficient (Wildman–Crippen LogP) is 3.47. The summed E-state index contributed by atoms with van der Waals surface area (Å²) in [4.78, 5) is 8.48. The van der Waals surface area contributed by atoms with Crippen LogP contribution in [0.3, 0.4) is 0 Å². The average Bonchev–Trinajstić information content (AvgIpc) is 2.30. The van der Waals surface area contributed by atoms with E-state index in [0.29, 0.717) is 0 Å². The summed E-state index contributed by atoms with van der Waals surface area (Å²) in [5.41, 5.74) is 4.49. The third-order valence-corrected chi connectivity index (χ3v) is 3.11. The van der Waals surface area contributed by atoms with E-state index in [9.17, 15) is 0 Å². The Morgan fingerprint density at radius 2 is 2.06 bits per heavy atom. The summed E-state index contributed by atoms with van der Waals surface area (Å²) < 4.78 is 0.859. The second-order valence-corrected chi connectivity index (χ2v) is 4.74. The van der Waals surface area contributed by atoms with Crippen LogP contribution in [-0.2, 0) is 6.54 Å². The highest BCUT2D eigenvalue weighted by Gasteiger charge is 2.01. The summed E-state index contributed by atoms with van der Waals surface area (Å²) in [5.74, 6) is 0. The number of hydrogen-bond acceptors (Lipinski definition) is 3. The van der Waals surface area contributed by atoms with Crippen LogP contribution in [-0.4, -0.2) is 9.97 Å². The quantitative estimate of drug-likeness (QED) is 0.880. The van der Waals surface area contributed by atoms with E-state index in [-0.39, 0.29) is 0 Å². The van der Waals surface area contributed by atoms with Crippen LogP contribution in [0.15, 0.2) is 35.2 Å². The fourth-order valence-corrected chi connectivity index (χ4v) is 1.99. The van der Waals surface area contributed by atoms with Gasteiger partial charge >= 0.3 is 0 Å². The molecule has 0 aromatic carbocycles. The van der Waals surface area contributed by atoms with Crippen LogP contribution in [0.5, 0.6) is 0 Å². The normalized spacial score (nSPS) is 10.3. The molecule has 0 atom stereocenters. The maximum atomic E-state index is 4.35. The number of anilines is 1. The van der Waals surface area contributed by atoms with E-state index in [0.717, 1.165) is 22.5 Å². The second kappa shape index (κ2) is 5.27. The fourth-order valence-electron chi connectivity index (χ4n) is 1.59. The summed E-state index contributed by atoms with van der Waals surface area (Å²) in [6.45, 7) is 4.85. The van der Waals surface area contributed by atoms with E-state index in [1.54, 1.807) is 0 Å². The summed E-state index contributed by atoms with van der Waals surface area (Å²) in [7, 11) is 0. The SMILES string of the molecule is Cc1ccncc1CNc1ccc(Br)nc1C. The number of nitrogens with one attached hydrogen (secondary N) is 1. The van der Waals surface area contributed by atoms with E-state index in [2.05, 4.69) is 38.1 Å². The van der Waals surface area contributed by atoms with Gasteiger partial charge in [0.25, 0.3) is 0 Å². The molecule has 0 spiro atoms. The molecule has 0 fully saturated rings. The number of pyridine rings is 2. The molecule has 3 nitrogen and oxygen atoms in total. The smallest absolute Gasteiger partial charge is 0.106 e. The number of halogens is 1. The molecule has 4 heteroatoms. The van der Waals surface area contributed by atoms with Crippen molar-refractivity contribution in [3.63, 3.8) is 0 Å². The Bertz CT molecular complexity index is 526. The molecule has 2 aromatic rings. The van der Waals surface area contributed by atoms with E-state index >= 15 is 0 Å². The molecule has 0 saturated carbocycles. The number of hydrogen-bond donors (Lipinski definition) is 1. The van der Waals surface area contributed by atoms with Crippen LogP contribution in [0.4, 0.5) is 5.69 Å². The molecule has 0 bridgehead atoms. The molecule has 1 N–H and O–H groups in total. The molecule has 2 rings (SSSR count). The lowest BCUT2D eigenvalue weighted by Gasteiger charge is -2.10. The Hall–Kier alpha value is -1.42. The van der Waals surface area contributed by atoms with Gasteiger partial charge in [0.05, 0.1) is 11.4 Å². The van der Waals surface area contributed by atoms with Crippen LogP contribution >= 0.6 is 15.9 Å². The zero-order chi connectivity index (χ0) is 12.3. The summed E-state index contributed by atoms with van der Waals surface area (Å²) in [6, 6.07) is 5.98. The molecule has 0 amide bonds. The van der Waals surface area contributed by atoms with Gasteiger partial charge in [0.2, 0.25) is 0 Å². The Labute approximate surface area is 109 Å². The van der Waals surface area contributed by atoms with Crippen LogP contribution < -0.4 is 5.32 Å². The van der Waals surface area contributed by atoms with Crippen molar-refractivity contribution in [2.75, 3.05) is 5.32 Å². The lowest BCUT2D eigenvalue weighted by Crippen LogP contribution is -2.04. The Balaban J connectivity index is 2.10. The third-order valence-electron chi connectivity index (χ3n) is 2.67. The molecule has 2 heterocycles. The molecule has 0 aliphatic carbocycles. The molecule has 17 heavy (non-hydrogen) atoms. The number of nitrogens with zero attached hydrogens (tertiary/aromatic N) is 2.